The molecule has 0 saturated carbocycles. The van der Waals surface area contributed by atoms with E-state index in [4.69, 9.17) is 5.73 Å². The van der Waals surface area contributed by atoms with E-state index in [2.05, 4.69) is 15.3 Å². The zero-order valence-electron chi connectivity index (χ0n) is 14.4. The van der Waals surface area contributed by atoms with E-state index in [1.54, 1.807) is 29.4 Å². The summed E-state index contributed by atoms with van der Waals surface area (Å²) in [5.41, 5.74) is 7.36. The van der Waals surface area contributed by atoms with Crippen molar-refractivity contribution >= 4 is 11.8 Å². The highest BCUT2D eigenvalue weighted by atomic mass is 16.2. The number of amides is 2. The molecule has 0 unspecified atom stereocenters. The van der Waals surface area contributed by atoms with Crippen LogP contribution in [-0.4, -0.2) is 51.4 Å². The molecular formula is C18H23N5O2. The summed E-state index contributed by atoms with van der Waals surface area (Å²) < 4.78 is 0. The number of hydrogen-bond acceptors (Lipinski definition) is 4. The van der Waals surface area contributed by atoms with Gasteiger partial charge in [0.15, 0.2) is 0 Å². The normalized spacial score (nSPS) is 20.1. The first-order valence-corrected chi connectivity index (χ1v) is 8.42. The molecule has 2 amide bonds. The topological polar surface area (TPSA) is 104 Å². The summed E-state index contributed by atoms with van der Waals surface area (Å²) in [6, 6.07) is 6.51. The summed E-state index contributed by atoms with van der Waals surface area (Å²) in [6.45, 7) is 4.16. The summed E-state index contributed by atoms with van der Waals surface area (Å²) in [7, 11) is 0. The van der Waals surface area contributed by atoms with Crippen molar-refractivity contribution in [2.45, 2.75) is 38.4 Å². The number of benzene rings is 1. The summed E-state index contributed by atoms with van der Waals surface area (Å²) in [5, 5.41) is 2.87. The number of nitrogens with zero attached hydrogens (tertiary/aromatic N) is 2. The fourth-order valence-corrected chi connectivity index (χ4v) is 3.11. The molecule has 0 bridgehead atoms. The van der Waals surface area contributed by atoms with Gasteiger partial charge < -0.3 is 20.9 Å². The van der Waals surface area contributed by atoms with Crippen LogP contribution in [0.25, 0.3) is 11.4 Å². The first-order chi connectivity index (χ1) is 12.0. The Morgan fingerprint density at radius 2 is 2.20 bits per heavy atom. The van der Waals surface area contributed by atoms with Gasteiger partial charge in [-0.25, -0.2) is 4.98 Å². The first-order valence-electron chi connectivity index (χ1n) is 8.42. The second-order valence-corrected chi connectivity index (χ2v) is 6.65. The minimum atomic E-state index is -0.530. The number of likely N-dealkylation sites (tertiary alicyclic amines) is 1. The molecule has 1 aliphatic rings. The van der Waals surface area contributed by atoms with E-state index in [0.29, 0.717) is 24.4 Å². The predicted molar refractivity (Wildman–Crippen MR) is 94.7 cm³/mol. The highest BCUT2D eigenvalue weighted by Crippen LogP contribution is 2.22. The fourth-order valence-electron chi connectivity index (χ4n) is 3.11. The van der Waals surface area contributed by atoms with Crippen LogP contribution in [0.4, 0.5) is 0 Å². The molecule has 2 heterocycles. The number of carbonyl (C=O) groups excluding carboxylic acids is 2. The number of aromatic nitrogens is 2. The number of hydrogen-bond donors (Lipinski definition) is 3. The van der Waals surface area contributed by atoms with E-state index >= 15 is 0 Å². The number of H-pyrrole nitrogens is 1. The molecule has 1 saturated heterocycles. The number of carbonyl (C=O) groups is 2. The van der Waals surface area contributed by atoms with E-state index in [1.165, 1.54) is 0 Å². The molecule has 0 aliphatic carbocycles. The van der Waals surface area contributed by atoms with E-state index in [0.717, 1.165) is 5.56 Å². The van der Waals surface area contributed by atoms with Gasteiger partial charge in [0, 0.05) is 42.1 Å². The highest BCUT2D eigenvalue weighted by molar-refractivity contribution is 5.98. The van der Waals surface area contributed by atoms with Crippen LogP contribution in [0.3, 0.4) is 0 Å². The Labute approximate surface area is 146 Å². The lowest BCUT2D eigenvalue weighted by Crippen LogP contribution is -2.47. The van der Waals surface area contributed by atoms with Crippen LogP contribution >= 0.6 is 0 Å². The molecule has 2 atom stereocenters. The summed E-state index contributed by atoms with van der Waals surface area (Å²) in [5.74, 6) is 0.352. The zero-order chi connectivity index (χ0) is 18.0. The Balaban J connectivity index is 1.84. The maximum atomic E-state index is 13.0. The second-order valence-electron chi connectivity index (χ2n) is 6.65. The highest BCUT2D eigenvalue weighted by Gasteiger charge is 2.38. The summed E-state index contributed by atoms with van der Waals surface area (Å²) in [4.78, 5) is 34.2. The number of aromatic amines is 1. The number of rotatable bonds is 4. The molecule has 7 heteroatoms. The SMILES string of the molecule is CC(C)NC(=O)[C@@H]1C[C@@H](N)CN1C(=O)c1cccc(-c2ncc[nH]2)c1. The largest absolute Gasteiger partial charge is 0.352 e. The van der Waals surface area contributed by atoms with Gasteiger partial charge in [-0.2, -0.15) is 0 Å². The van der Waals surface area contributed by atoms with Crippen LogP contribution in [0, 0.1) is 0 Å². The Morgan fingerprint density at radius 1 is 1.40 bits per heavy atom. The smallest absolute Gasteiger partial charge is 0.254 e. The predicted octanol–water partition coefficient (Wildman–Crippen LogP) is 1.14. The fraction of sp³-hybridized carbons (Fsp3) is 0.389. The third-order valence-corrected chi connectivity index (χ3v) is 4.21. The van der Waals surface area contributed by atoms with E-state index in [1.807, 2.05) is 26.0 Å². The molecule has 1 aromatic heterocycles. The molecule has 1 aromatic carbocycles. The number of nitrogens with two attached hydrogens (primary N) is 1. The average molecular weight is 341 g/mol. The minimum Gasteiger partial charge on any atom is -0.352 e. The quantitative estimate of drug-likeness (QED) is 0.776. The van der Waals surface area contributed by atoms with Crippen molar-refractivity contribution in [1.29, 1.82) is 0 Å². The van der Waals surface area contributed by atoms with Gasteiger partial charge >= 0.3 is 0 Å². The third-order valence-electron chi connectivity index (χ3n) is 4.21. The van der Waals surface area contributed by atoms with Crippen molar-refractivity contribution in [3.8, 4) is 11.4 Å². The molecule has 0 radical (unpaired) electrons. The molecular weight excluding hydrogens is 318 g/mol. The van der Waals surface area contributed by atoms with Gasteiger partial charge in [-0.3, -0.25) is 9.59 Å². The van der Waals surface area contributed by atoms with E-state index in [-0.39, 0.29) is 23.9 Å². The number of imidazole rings is 1. The Kier molecular flexibility index (Phi) is 4.85. The molecule has 7 nitrogen and oxygen atoms in total. The lowest BCUT2D eigenvalue weighted by atomic mass is 10.1. The van der Waals surface area contributed by atoms with Gasteiger partial charge in [0.25, 0.3) is 5.91 Å². The van der Waals surface area contributed by atoms with Gasteiger partial charge in [0.1, 0.15) is 11.9 Å². The van der Waals surface area contributed by atoms with Crippen molar-refractivity contribution < 1.29 is 9.59 Å². The van der Waals surface area contributed by atoms with E-state index < -0.39 is 6.04 Å². The van der Waals surface area contributed by atoms with Crippen molar-refractivity contribution in [2.75, 3.05) is 6.54 Å². The van der Waals surface area contributed by atoms with Crippen molar-refractivity contribution in [3.05, 3.63) is 42.2 Å². The van der Waals surface area contributed by atoms with Crippen LogP contribution in [0.1, 0.15) is 30.6 Å². The van der Waals surface area contributed by atoms with Gasteiger partial charge in [-0.15, -0.1) is 0 Å². The zero-order valence-corrected chi connectivity index (χ0v) is 14.4. The molecule has 25 heavy (non-hydrogen) atoms. The molecule has 4 N–H and O–H groups in total. The first kappa shape index (κ1) is 17.2. The van der Waals surface area contributed by atoms with Gasteiger partial charge in [-0.05, 0) is 32.4 Å². The van der Waals surface area contributed by atoms with Crippen molar-refractivity contribution in [2.24, 2.45) is 5.73 Å². The molecule has 3 rings (SSSR count). The third kappa shape index (κ3) is 3.71. The molecule has 1 fully saturated rings. The Morgan fingerprint density at radius 3 is 2.88 bits per heavy atom. The van der Waals surface area contributed by atoms with Crippen LogP contribution in [0.5, 0.6) is 0 Å². The molecule has 132 valence electrons. The monoisotopic (exact) mass is 341 g/mol. The molecule has 2 aromatic rings. The number of nitrogens with one attached hydrogen (secondary N) is 2. The van der Waals surface area contributed by atoms with Gasteiger partial charge in [-0.1, -0.05) is 12.1 Å². The second kappa shape index (κ2) is 7.06. The van der Waals surface area contributed by atoms with Gasteiger partial charge in [0.2, 0.25) is 5.91 Å². The average Bonchev–Trinajstić information content (AvgIpc) is 3.23. The van der Waals surface area contributed by atoms with Crippen molar-refractivity contribution in [1.82, 2.24) is 20.2 Å². The van der Waals surface area contributed by atoms with Crippen molar-refractivity contribution in [3.63, 3.8) is 0 Å². The summed E-state index contributed by atoms with van der Waals surface area (Å²) >= 11 is 0. The standard InChI is InChI=1S/C18H23N5O2/c1-11(2)22-17(24)15-9-14(19)10-23(15)18(25)13-5-3-4-12(8-13)16-20-6-7-21-16/h3-8,11,14-15H,9-10,19H2,1-2H3,(H,20,21)(H,22,24)/t14-,15+/m1/s1. The van der Waals surface area contributed by atoms with E-state index in [9.17, 15) is 9.59 Å². The Hall–Kier alpha value is -2.67. The lowest BCUT2D eigenvalue weighted by Gasteiger charge is -2.25. The van der Waals surface area contributed by atoms with Crippen LogP contribution in [-0.2, 0) is 4.79 Å². The van der Waals surface area contributed by atoms with Crippen LogP contribution in [0.2, 0.25) is 0 Å². The Bertz CT molecular complexity index is 757. The van der Waals surface area contributed by atoms with Crippen LogP contribution < -0.4 is 11.1 Å². The minimum absolute atomic E-state index is 0.0172. The molecule has 0 spiro atoms. The maximum absolute atomic E-state index is 13.0. The summed E-state index contributed by atoms with van der Waals surface area (Å²) in [6.07, 6.45) is 3.87. The maximum Gasteiger partial charge on any atom is 0.254 e. The van der Waals surface area contributed by atoms with Gasteiger partial charge in [0.05, 0.1) is 0 Å². The molecule has 1 aliphatic heterocycles. The lowest BCUT2D eigenvalue weighted by molar-refractivity contribution is -0.125. The van der Waals surface area contributed by atoms with Crippen LogP contribution in [0.15, 0.2) is 36.7 Å².